The number of para-hydroxylation sites is 3. The number of hydrogen-bond donors (Lipinski definition) is 0. The Kier molecular flexibility index (Phi) is 6.22. The van der Waals surface area contributed by atoms with Crippen LogP contribution in [0.15, 0.2) is 182 Å². The van der Waals surface area contributed by atoms with Crippen molar-refractivity contribution in [1.29, 1.82) is 0 Å². The molecule has 0 N–H and O–H groups in total. The molecule has 0 spiro atoms. The van der Waals surface area contributed by atoms with E-state index < -0.39 is 0 Å². The van der Waals surface area contributed by atoms with E-state index in [1.54, 1.807) is 0 Å². The molecule has 3 heterocycles. The summed E-state index contributed by atoms with van der Waals surface area (Å²) >= 11 is 0. The van der Waals surface area contributed by atoms with Crippen molar-refractivity contribution < 1.29 is 0 Å². The monoisotopic (exact) mass is 662 g/mol. The molecule has 11 aromatic rings. The zero-order chi connectivity index (χ0) is 34.2. The minimum atomic E-state index is 0.636. The van der Waals surface area contributed by atoms with Crippen LogP contribution in [0.5, 0.6) is 0 Å². The summed E-state index contributed by atoms with van der Waals surface area (Å²) in [4.78, 5) is 10.9. The second-order valence-corrected chi connectivity index (χ2v) is 13.5. The highest BCUT2D eigenvalue weighted by atomic mass is 15.2. The van der Waals surface area contributed by atoms with Gasteiger partial charge in [-0.2, -0.15) is 0 Å². The lowest BCUT2D eigenvalue weighted by atomic mass is 10.0. The van der Waals surface area contributed by atoms with Gasteiger partial charge in [0.05, 0.1) is 33.5 Å². The summed E-state index contributed by atoms with van der Waals surface area (Å²) in [6.07, 6.45) is 0. The summed E-state index contributed by atoms with van der Waals surface area (Å²) in [5, 5.41) is 9.49. The second-order valence-electron chi connectivity index (χ2n) is 13.5. The van der Waals surface area contributed by atoms with Crippen LogP contribution in [0.2, 0.25) is 0 Å². The van der Waals surface area contributed by atoms with Crippen LogP contribution in [-0.4, -0.2) is 19.1 Å². The van der Waals surface area contributed by atoms with Gasteiger partial charge in [-0.1, -0.05) is 140 Å². The number of benzene rings is 8. The van der Waals surface area contributed by atoms with E-state index in [4.69, 9.17) is 9.97 Å². The van der Waals surface area contributed by atoms with Crippen molar-refractivity contribution in [3.63, 3.8) is 0 Å². The Bertz CT molecular complexity index is 3090. The van der Waals surface area contributed by atoms with Gasteiger partial charge in [-0.25, -0.2) is 9.97 Å². The third-order valence-electron chi connectivity index (χ3n) is 10.5. The van der Waals surface area contributed by atoms with Crippen LogP contribution < -0.4 is 0 Å². The molecule has 0 aliphatic rings. The normalized spacial score (nSPS) is 11.8. The van der Waals surface area contributed by atoms with Gasteiger partial charge in [-0.3, -0.25) is 4.57 Å². The van der Waals surface area contributed by atoms with E-state index in [1.807, 2.05) is 0 Å². The fourth-order valence-electron chi connectivity index (χ4n) is 8.08. The van der Waals surface area contributed by atoms with Crippen molar-refractivity contribution in [2.45, 2.75) is 0 Å². The highest BCUT2D eigenvalue weighted by Gasteiger charge is 2.23. The Hall–Kier alpha value is -7.04. The molecule has 4 heteroatoms. The molecule has 3 aromatic heterocycles. The fourth-order valence-corrected chi connectivity index (χ4v) is 8.08. The van der Waals surface area contributed by atoms with Crippen LogP contribution in [-0.2, 0) is 0 Å². The highest BCUT2D eigenvalue weighted by molar-refractivity contribution is 6.23. The van der Waals surface area contributed by atoms with Gasteiger partial charge in [0, 0.05) is 38.4 Å². The molecule has 4 nitrogen and oxygen atoms in total. The van der Waals surface area contributed by atoms with Gasteiger partial charge >= 0.3 is 0 Å². The predicted molar refractivity (Wildman–Crippen MR) is 217 cm³/mol. The van der Waals surface area contributed by atoms with E-state index in [2.05, 4.69) is 191 Å². The molecule has 0 saturated heterocycles. The third kappa shape index (κ3) is 4.34. The lowest BCUT2D eigenvalue weighted by Gasteiger charge is -2.14. The van der Waals surface area contributed by atoms with Crippen molar-refractivity contribution >= 4 is 65.2 Å². The number of nitrogens with zero attached hydrogens (tertiary/aromatic N) is 4. The van der Waals surface area contributed by atoms with Crippen LogP contribution in [0.1, 0.15) is 0 Å². The van der Waals surface area contributed by atoms with Crippen LogP contribution in [0.4, 0.5) is 0 Å². The van der Waals surface area contributed by atoms with Gasteiger partial charge in [0.1, 0.15) is 0 Å². The quantitative estimate of drug-likeness (QED) is 0.188. The first kappa shape index (κ1) is 28.8. The first-order valence-corrected chi connectivity index (χ1v) is 17.7. The van der Waals surface area contributed by atoms with Crippen molar-refractivity contribution in [3.05, 3.63) is 182 Å². The molecule has 8 aromatic carbocycles. The van der Waals surface area contributed by atoms with Gasteiger partial charge in [0.25, 0.3) is 0 Å². The largest absolute Gasteiger partial charge is 0.307 e. The fraction of sp³-hybridized carbons (Fsp3) is 0. The van der Waals surface area contributed by atoms with E-state index in [9.17, 15) is 0 Å². The zero-order valence-corrected chi connectivity index (χ0v) is 28.1. The molecule has 0 unspecified atom stereocenters. The van der Waals surface area contributed by atoms with E-state index in [0.717, 1.165) is 61.0 Å². The Labute approximate surface area is 299 Å². The van der Waals surface area contributed by atoms with E-state index in [0.29, 0.717) is 5.95 Å². The molecular weight excluding hydrogens is 633 g/mol. The van der Waals surface area contributed by atoms with Crippen LogP contribution in [0.3, 0.4) is 0 Å². The molecule has 0 amide bonds. The average molecular weight is 663 g/mol. The maximum absolute atomic E-state index is 5.45. The molecule has 11 rings (SSSR count). The first-order chi connectivity index (χ1) is 25.8. The van der Waals surface area contributed by atoms with Gasteiger partial charge in [-0.15, -0.1) is 0 Å². The molecule has 0 aliphatic carbocycles. The Morgan fingerprint density at radius 1 is 0.327 bits per heavy atom. The standard InChI is InChI=1S/C48H30N4/c1-2-16-37(17-3-1)51-44-20-10-8-18-38(44)40-26-27-41-39-19-9-11-21-45(39)52(47(41)46(40)51)48-49-42(35-24-22-31-12-4-6-14-33(31)28-35)30-43(50-48)36-25-23-32-13-5-7-15-34(32)29-36/h1-30H. The van der Waals surface area contributed by atoms with Gasteiger partial charge in [0.2, 0.25) is 5.95 Å². The number of fused-ring (bicyclic) bond motifs is 9. The van der Waals surface area contributed by atoms with Crippen LogP contribution in [0.25, 0.3) is 99.3 Å². The molecule has 52 heavy (non-hydrogen) atoms. The topological polar surface area (TPSA) is 35.6 Å². The minimum absolute atomic E-state index is 0.636. The maximum atomic E-state index is 5.45. The minimum Gasteiger partial charge on any atom is -0.307 e. The summed E-state index contributed by atoms with van der Waals surface area (Å²) in [5.41, 5.74) is 9.40. The van der Waals surface area contributed by atoms with Crippen molar-refractivity contribution in [1.82, 2.24) is 19.1 Å². The third-order valence-corrected chi connectivity index (χ3v) is 10.5. The molecular formula is C48H30N4. The Morgan fingerprint density at radius 2 is 0.788 bits per heavy atom. The number of hydrogen-bond acceptors (Lipinski definition) is 2. The molecule has 0 bridgehead atoms. The summed E-state index contributed by atoms with van der Waals surface area (Å²) in [6.45, 7) is 0. The maximum Gasteiger partial charge on any atom is 0.235 e. The molecule has 0 atom stereocenters. The smallest absolute Gasteiger partial charge is 0.235 e. The summed E-state index contributed by atoms with van der Waals surface area (Å²) in [6, 6.07) is 64.9. The summed E-state index contributed by atoms with van der Waals surface area (Å²) < 4.78 is 4.69. The predicted octanol–water partition coefficient (Wildman–Crippen LogP) is 12.3. The zero-order valence-electron chi connectivity index (χ0n) is 28.1. The lowest BCUT2D eigenvalue weighted by Crippen LogP contribution is -2.05. The number of rotatable bonds is 4. The molecule has 0 fully saturated rings. The van der Waals surface area contributed by atoms with E-state index >= 15 is 0 Å². The Morgan fingerprint density at radius 3 is 1.37 bits per heavy atom. The van der Waals surface area contributed by atoms with Crippen molar-refractivity contribution in [3.8, 4) is 34.2 Å². The average Bonchev–Trinajstić information content (AvgIpc) is 3.74. The van der Waals surface area contributed by atoms with Crippen LogP contribution in [0, 0.1) is 0 Å². The second kappa shape index (κ2) is 11.2. The first-order valence-electron chi connectivity index (χ1n) is 17.7. The summed E-state index contributed by atoms with van der Waals surface area (Å²) in [7, 11) is 0. The molecule has 0 radical (unpaired) electrons. The van der Waals surface area contributed by atoms with Gasteiger partial charge in [0.15, 0.2) is 0 Å². The Balaban J connectivity index is 1.28. The van der Waals surface area contributed by atoms with Gasteiger partial charge < -0.3 is 4.57 Å². The molecule has 242 valence electrons. The van der Waals surface area contributed by atoms with Crippen molar-refractivity contribution in [2.24, 2.45) is 0 Å². The summed E-state index contributed by atoms with van der Waals surface area (Å²) in [5.74, 6) is 0.636. The highest BCUT2D eigenvalue weighted by Crippen LogP contribution is 2.42. The van der Waals surface area contributed by atoms with Gasteiger partial charge in [-0.05, 0) is 64.0 Å². The van der Waals surface area contributed by atoms with Crippen molar-refractivity contribution in [2.75, 3.05) is 0 Å². The number of aromatic nitrogens is 4. The molecule has 0 saturated carbocycles. The van der Waals surface area contributed by atoms with E-state index in [1.165, 1.54) is 32.3 Å². The van der Waals surface area contributed by atoms with E-state index in [-0.39, 0.29) is 0 Å². The molecule has 0 aliphatic heterocycles. The van der Waals surface area contributed by atoms with Crippen LogP contribution >= 0.6 is 0 Å². The lowest BCUT2D eigenvalue weighted by molar-refractivity contribution is 0.995. The SMILES string of the molecule is c1ccc(-n2c3ccccc3c3ccc4c5ccccc5n(-c5nc(-c6ccc7ccccc7c6)cc(-c6ccc7ccccc7c6)n5)c4c32)cc1.